The smallest absolute Gasteiger partial charge is 0.197 e. The number of nitrogens with two attached hydrogens (primary N) is 1. The molecule has 0 aliphatic carbocycles. The molecule has 1 aliphatic heterocycles. The number of hydrogen-bond acceptors (Lipinski definition) is 6. The van der Waals surface area contributed by atoms with Crippen molar-refractivity contribution in [2.45, 2.75) is 20.0 Å². The number of fused-ring (bicyclic) bond motifs is 1. The summed E-state index contributed by atoms with van der Waals surface area (Å²) in [6, 6.07) is 0. The fraction of sp³-hybridized carbons (Fsp3) is 0.455. The van der Waals surface area contributed by atoms with Gasteiger partial charge in [-0.1, -0.05) is 0 Å². The lowest BCUT2D eigenvalue weighted by molar-refractivity contribution is 0.342. The predicted molar refractivity (Wildman–Crippen MR) is 71.0 cm³/mol. The number of imidazole rings is 1. The number of aromatic nitrogens is 3. The average Bonchev–Trinajstić information content (AvgIpc) is 2.97. The summed E-state index contributed by atoms with van der Waals surface area (Å²) in [7, 11) is 0. The third-order valence-corrected chi connectivity index (χ3v) is 3.88. The van der Waals surface area contributed by atoms with Crippen LogP contribution in [0.4, 0.5) is 10.8 Å². The number of hydrogen-bond donors (Lipinski definition) is 1. The van der Waals surface area contributed by atoms with E-state index in [0.717, 1.165) is 30.5 Å². The molecule has 0 atom stereocenters. The molecule has 0 unspecified atom stereocenters. The van der Waals surface area contributed by atoms with Crippen LogP contribution in [0, 0.1) is 0 Å². The monoisotopic (exact) mass is 265 g/mol. The molecule has 7 heteroatoms. The van der Waals surface area contributed by atoms with E-state index in [-0.39, 0.29) is 0 Å². The highest BCUT2D eigenvalue weighted by Gasteiger charge is 2.23. The predicted octanol–water partition coefficient (Wildman–Crippen LogP) is 1.34. The van der Waals surface area contributed by atoms with Crippen LogP contribution in [0.1, 0.15) is 12.7 Å². The first-order valence-corrected chi connectivity index (χ1v) is 6.70. The van der Waals surface area contributed by atoms with E-state index in [0.29, 0.717) is 18.2 Å². The summed E-state index contributed by atoms with van der Waals surface area (Å²) in [6.45, 7) is 5.17. The van der Waals surface area contributed by atoms with E-state index in [2.05, 4.69) is 18.8 Å². The molecular weight excluding hydrogens is 250 g/mol. The standard InChI is InChI=1S/C11H15N5OS/c1-2-17-9-10(12)14-18-11(9)16-6-5-15-4-3-13-8(15)7-16/h3-4H,2,5-7H2,1H3,(H2,12,14). The Bertz CT molecular complexity index is 549. The van der Waals surface area contributed by atoms with Gasteiger partial charge in [0.25, 0.3) is 0 Å². The van der Waals surface area contributed by atoms with Crippen molar-refractivity contribution in [3.05, 3.63) is 18.2 Å². The van der Waals surface area contributed by atoms with Gasteiger partial charge in [0.1, 0.15) is 5.82 Å². The van der Waals surface area contributed by atoms with Crippen molar-refractivity contribution in [1.29, 1.82) is 0 Å². The van der Waals surface area contributed by atoms with Crippen LogP contribution in [-0.2, 0) is 13.1 Å². The number of nitrogen functional groups attached to an aromatic ring is 1. The van der Waals surface area contributed by atoms with Gasteiger partial charge in [-0.25, -0.2) is 4.98 Å². The highest BCUT2D eigenvalue weighted by atomic mass is 32.1. The molecule has 1 aliphatic rings. The van der Waals surface area contributed by atoms with Gasteiger partial charge >= 0.3 is 0 Å². The van der Waals surface area contributed by atoms with Gasteiger partial charge in [0.05, 0.1) is 13.2 Å². The normalized spacial score (nSPS) is 14.6. The molecule has 3 heterocycles. The van der Waals surface area contributed by atoms with Gasteiger partial charge in [0.2, 0.25) is 0 Å². The molecule has 0 bridgehead atoms. The zero-order chi connectivity index (χ0) is 12.5. The summed E-state index contributed by atoms with van der Waals surface area (Å²) in [6.07, 6.45) is 3.85. The van der Waals surface area contributed by atoms with E-state index >= 15 is 0 Å². The van der Waals surface area contributed by atoms with Gasteiger partial charge in [-0.3, -0.25) is 0 Å². The first kappa shape index (κ1) is 11.3. The lowest BCUT2D eigenvalue weighted by Crippen LogP contribution is -2.33. The SMILES string of the molecule is CCOc1c(N)nsc1N1CCn2ccnc2C1. The minimum Gasteiger partial charge on any atom is -0.487 e. The Morgan fingerprint density at radius 1 is 1.50 bits per heavy atom. The summed E-state index contributed by atoms with van der Waals surface area (Å²) in [5.74, 6) is 2.25. The molecule has 0 aromatic carbocycles. The Kier molecular flexibility index (Phi) is 2.83. The second-order valence-electron chi connectivity index (χ2n) is 4.09. The third kappa shape index (κ3) is 1.80. The van der Waals surface area contributed by atoms with Crippen LogP contribution in [0.3, 0.4) is 0 Å². The van der Waals surface area contributed by atoms with E-state index in [4.69, 9.17) is 10.5 Å². The molecule has 2 N–H and O–H groups in total. The molecule has 2 aromatic heterocycles. The molecule has 0 fully saturated rings. The third-order valence-electron chi connectivity index (χ3n) is 2.98. The van der Waals surface area contributed by atoms with Crippen LogP contribution in [-0.4, -0.2) is 27.1 Å². The molecule has 0 saturated carbocycles. The van der Waals surface area contributed by atoms with Crippen LogP contribution in [0.15, 0.2) is 12.4 Å². The topological polar surface area (TPSA) is 69.2 Å². The van der Waals surface area contributed by atoms with Gasteiger partial charge in [-0.05, 0) is 18.5 Å². The van der Waals surface area contributed by atoms with Crippen molar-refractivity contribution in [1.82, 2.24) is 13.9 Å². The molecule has 0 amide bonds. The summed E-state index contributed by atoms with van der Waals surface area (Å²) < 4.78 is 11.9. The average molecular weight is 265 g/mol. The van der Waals surface area contributed by atoms with Crippen molar-refractivity contribution < 1.29 is 4.74 Å². The second kappa shape index (κ2) is 4.49. The van der Waals surface area contributed by atoms with E-state index in [9.17, 15) is 0 Å². The Morgan fingerprint density at radius 2 is 2.39 bits per heavy atom. The van der Waals surface area contributed by atoms with Crippen molar-refractivity contribution in [3.63, 3.8) is 0 Å². The lowest BCUT2D eigenvalue weighted by Gasteiger charge is -2.28. The van der Waals surface area contributed by atoms with Crippen LogP contribution in [0.25, 0.3) is 0 Å². The molecule has 0 saturated heterocycles. The number of ether oxygens (including phenoxy) is 1. The molecule has 96 valence electrons. The van der Waals surface area contributed by atoms with Crippen LogP contribution >= 0.6 is 11.5 Å². The second-order valence-corrected chi connectivity index (χ2v) is 4.85. The van der Waals surface area contributed by atoms with Gasteiger partial charge < -0.3 is 19.9 Å². The maximum Gasteiger partial charge on any atom is 0.197 e. The fourth-order valence-electron chi connectivity index (χ4n) is 2.11. The Balaban J connectivity index is 1.88. The van der Waals surface area contributed by atoms with E-state index in [1.807, 2.05) is 19.3 Å². The maximum atomic E-state index is 5.84. The molecule has 18 heavy (non-hydrogen) atoms. The minimum atomic E-state index is 0.478. The zero-order valence-corrected chi connectivity index (χ0v) is 11.0. The van der Waals surface area contributed by atoms with Crippen LogP contribution < -0.4 is 15.4 Å². The van der Waals surface area contributed by atoms with Crippen LogP contribution in [0.5, 0.6) is 5.75 Å². The summed E-state index contributed by atoms with van der Waals surface area (Å²) in [5.41, 5.74) is 5.84. The van der Waals surface area contributed by atoms with Gasteiger partial charge in [0, 0.05) is 25.5 Å². The quantitative estimate of drug-likeness (QED) is 0.907. The Hall–Kier alpha value is -1.76. The number of nitrogens with zero attached hydrogens (tertiary/aromatic N) is 4. The molecule has 2 aromatic rings. The molecule has 0 spiro atoms. The first-order chi connectivity index (χ1) is 8.79. The lowest BCUT2D eigenvalue weighted by atomic mass is 10.3. The van der Waals surface area contributed by atoms with Gasteiger partial charge in [0.15, 0.2) is 16.6 Å². The Labute approximate surface area is 109 Å². The van der Waals surface area contributed by atoms with Gasteiger partial charge in [-0.15, -0.1) is 0 Å². The highest BCUT2D eigenvalue weighted by Crippen LogP contribution is 2.39. The molecular formula is C11H15N5OS. The van der Waals surface area contributed by atoms with Crippen molar-refractivity contribution in [2.75, 3.05) is 23.8 Å². The zero-order valence-electron chi connectivity index (χ0n) is 10.2. The van der Waals surface area contributed by atoms with E-state index in [1.165, 1.54) is 11.5 Å². The summed E-state index contributed by atoms with van der Waals surface area (Å²) >= 11 is 1.39. The van der Waals surface area contributed by atoms with Crippen molar-refractivity contribution >= 4 is 22.4 Å². The van der Waals surface area contributed by atoms with Crippen LogP contribution in [0.2, 0.25) is 0 Å². The van der Waals surface area contributed by atoms with Gasteiger partial charge in [-0.2, -0.15) is 4.37 Å². The maximum absolute atomic E-state index is 5.84. The van der Waals surface area contributed by atoms with E-state index in [1.54, 1.807) is 0 Å². The number of anilines is 2. The fourth-order valence-corrected chi connectivity index (χ4v) is 2.90. The number of rotatable bonds is 3. The molecule has 6 nitrogen and oxygen atoms in total. The summed E-state index contributed by atoms with van der Waals surface area (Å²) in [4.78, 5) is 6.57. The Morgan fingerprint density at radius 3 is 3.22 bits per heavy atom. The highest BCUT2D eigenvalue weighted by molar-refractivity contribution is 7.11. The minimum absolute atomic E-state index is 0.478. The largest absolute Gasteiger partial charge is 0.487 e. The molecule has 0 radical (unpaired) electrons. The van der Waals surface area contributed by atoms with E-state index < -0.39 is 0 Å². The van der Waals surface area contributed by atoms with Crippen molar-refractivity contribution in [2.24, 2.45) is 0 Å². The first-order valence-electron chi connectivity index (χ1n) is 5.92. The summed E-state index contributed by atoms with van der Waals surface area (Å²) in [5, 5.41) is 1.00. The van der Waals surface area contributed by atoms with Crippen molar-refractivity contribution in [3.8, 4) is 5.75 Å². The molecule has 3 rings (SSSR count).